The van der Waals surface area contributed by atoms with E-state index in [9.17, 15) is 0 Å². The van der Waals surface area contributed by atoms with Crippen LogP contribution >= 0.6 is 0 Å². The summed E-state index contributed by atoms with van der Waals surface area (Å²) in [6.45, 7) is 7.06. The second-order valence-electron chi connectivity index (χ2n) is 5.16. The molecule has 6 heteroatoms. The van der Waals surface area contributed by atoms with E-state index in [2.05, 4.69) is 39.8 Å². The molecule has 2 heterocycles. The van der Waals surface area contributed by atoms with Crippen LogP contribution in [0.1, 0.15) is 11.1 Å². The topological polar surface area (TPSA) is 77.2 Å². The van der Waals surface area contributed by atoms with Crippen molar-refractivity contribution in [3.63, 3.8) is 0 Å². The Kier molecular flexibility index (Phi) is 3.70. The molecule has 0 radical (unpaired) electrons. The quantitative estimate of drug-likeness (QED) is 0.902. The Labute approximate surface area is 124 Å². The van der Waals surface area contributed by atoms with Crippen molar-refractivity contribution in [3.8, 4) is 11.4 Å². The molecule has 0 amide bonds. The van der Waals surface area contributed by atoms with Crippen LogP contribution in [-0.2, 0) is 4.74 Å². The lowest BCUT2D eigenvalue weighted by Crippen LogP contribution is -2.37. The monoisotopic (exact) mass is 285 g/mol. The minimum absolute atomic E-state index is 0.252. The van der Waals surface area contributed by atoms with E-state index < -0.39 is 0 Å². The first-order valence-corrected chi connectivity index (χ1v) is 7.06. The molecule has 1 fully saturated rings. The summed E-state index contributed by atoms with van der Waals surface area (Å²) in [6, 6.07) is 6.10. The summed E-state index contributed by atoms with van der Waals surface area (Å²) >= 11 is 0. The minimum atomic E-state index is 0.252. The van der Waals surface area contributed by atoms with Crippen LogP contribution < -0.4 is 10.6 Å². The summed E-state index contributed by atoms with van der Waals surface area (Å²) in [6.07, 6.45) is 0. The Bertz CT molecular complexity index is 653. The molecule has 3 rings (SSSR count). The Balaban J connectivity index is 2.03. The summed E-state index contributed by atoms with van der Waals surface area (Å²) in [7, 11) is 0. The third kappa shape index (κ3) is 2.80. The largest absolute Gasteiger partial charge is 0.378 e. The Hall–Kier alpha value is -2.21. The van der Waals surface area contributed by atoms with E-state index >= 15 is 0 Å². The Morgan fingerprint density at radius 3 is 2.62 bits per heavy atom. The highest BCUT2D eigenvalue weighted by Crippen LogP contribution is 2.24. The van der Waals surface area contributed by atoms with Gasteiger partial charge in [0.25, 0.3) is 0 Å². The zero-order valence-corrected chi connectivity index (χ0v) is 12.3. The van der Waals surface area contributed by atoms with E-state index in [1.165, 1.54) is 5.56 Å². The first-order valence-electron chi connectivity index (χ1n) is 7.06. The molecule has 2 aromatic rings. The lowest BCUT2D eigenvalue weighted by atomic mass is 10.0. The number of aromatic nitrogens is 3. The third-order valence-corrected chi connectivity index (χ3v) is 3.78. The Morgan fingerprint density at radius 2 is 1.86 bits per heavy atom. The highest BCUT2D eigenvalue weighted by atomic mass is 16.5. The molecule has 1 aromatic carbocycles. The fourth-order valence-electron chi connectivity index (χ4n) is 2.40. The average molecular weight is 285 g/mol. The first-order chi connectivity index (χ1) is 10.1. The molecule has 0 atom stereocenters. The average Bonchev–Trinajstić information content (AvgIpc) is 2.50. The maximum Gasteiger partial charge on any atom is 0.230 e. The lowest BCUT2D eigenvalue weighted by molar-refractivity contribution is 0.122. The van der Waals surface area contributed by atoms with Crippen molar-refractivity contribution in [2.75, 3.05) is 36.9 Å². The van der Waals surface area contributed by atoms with Gasteiger partial charge in [-0.25, -0.2) is 0 Å². The van der Waals surface area contributed by atoms with Crippen molar-refractivity contribution in [2.24, 2.45) is 0 Å². The summed E-state index contributed by atoms with van der Waals surface area (Å²) < 4.78 is 5.36. The number of ether oxygens (including phenoxy) is 1. The second-order valence-corrected chi connectivity index (χ2v) is 5.16. The van der Waals surface area contributed by atoms with Crippen LogP contribution in [0.15, 0.2) is 18.2 Å². The predicted octanol–water partition coefficient (Wildman–Crippen LogP) is 1.57. The molecule has 6 nitrogen and oxygen atoms in total. The number of anilines is 2. The predicted molar refractivity (Wildman–Crippen MR) is 82.2 cm³/mol. The van der Waals surface area contributed by atoms with Crippen molar-refractivity contribution in [3.05, 3.63) is 29.3 Å². The number of benzene rings is 1. The zero-order chi connectivity index (χ0) is 14.8. The Morgan fingerprint density at radius 1 is 1.10 bits per heavy atom. The summed E-state index contributed by atoms with van der Waals surface area (Å²) in [5.41, 5.74) is 9.24. The fraction of sp³-hybridized carbons (Fsp3) is 0.400. The van der Waals surface area contributed by atoms with Crippen LogP contribution in [0.2, 0.25) is 0 Å². The van der Waals surface area contributed by atoms with Crippen molar-refractivity contribution in [1.29, 1.82) is 0 Å². The number of nitrogen functional groups attached to an aromatic ring is 1. The van der Waals surface area contributed by atoms with Crippen LogP contribution in [0.4, 0.5) is 11.9 Å². The van der Waals surface area contributed by atoms with E-state index in [1.54, 1.807) is 0 Å². The van der Waals surface area contributed by atoms with E-state index in [4.69, 9.17) is 10.5 Å². The molecular weight excluding hydrogens is 266 g/mol. The van der Waals surface area contributed by atoms with Gasteiger partial charge in [0.15, 0.2) is 5.82 Å². The van der Waals surface area contributed by atoms with Gasteiger partial charge in [0.2, 0.25) is 11.9 Å². The smallest absolute Gasteiger partial charge is 0.230 e. The number of nitrogens with zero attached hydrogens (tertiary/aromatic N) is 4. The molecule has 21 heavy (non-hydrogen) atoms. The maximum absolute atomic E-state index is 5.87. The minimum Gasteiger partial charge on any atom is -0.378 e. The standard InChI is InChI=1S/C15H19N5O/c1-10-4-3-5-12(11(10)2)13-17-14(16)19-15(18-13)20-6-8-21-9-7-20/h3-5H,6-9H2,1-2H3,(H2,16,17,18,19). The van der Waals surface area contributed by atoms with E-state index in [1.807, 2.05) is 12.1 Å². The molecule has 0 spiro atoms. The number of rotatable bonds is 2. The molecule has 0 saturated carbocycles. The number of hydrogen-bond donors (Lipinski definition) is 1. The van der Waals surface area contributed by atoms with E-state index in [0.717, 1.165) is 24.2 Å². The van der Waals surface area contributed by atoms with Crippen molar-refractivity contribution in [1.82, 2.24) is 15.0 Å². The van der Waals surface area contributed by atoms with Crippen LogP contribution in [-0.4, -0.2) is 41.3 Å². The SMILES string of the molecule is Cc1cccc(-c2nc(N)nc(N3CCOCC3)n2)c1C. The van der Waals surface area contributed by atoms with Crippen LogP contribution in [0.3, 0.4) is 0 Å². The molecule has 0 aliphatic carbocycles. The third-order valence-electron chi connectivity index (χ3n) is 3.78. The van der Waals surface area contributed by atoms with Gasteiger partial charge in [0.05, 0.1) is 13.2 Å². The summed E-state index contributed by atoms with van der Waals surface area (Å²) in [4.78, 5) is 15.2. The zero-order valence-electron chi connectivity index (χ0n) is 12.3. The second kappa shape index (κ2) is 5.65. The highest BCUT2D eigenvalue weighted by molar-refractivity contribution is 5.63. The number of aryl methyl sites for hydroxylation is 1. The van der Waals surface area contributed by atoms with E-state index in [-0.39, 0.29) is 5.95 Å². The molecule has 110 valence electrons. The number of nitrogens with two attached hydrogens (primary N) is 1. The van der Waals surface area contributed by atoms with Gasteiger partial charge in [-0.2, -0.15) is 15.0 Å². The van der Waals surface area contributed by atoms with Crippen molar-refractivity contribution >= 4 is 11.9 Å². The number of hydrogen-bond acceptors (Lipinski definition) is 6. The lowest BCUT2D eigenvalue weighted by Gasteiger charge is -2.27. The van der Waals surface area contributed by atoms with Crippen molar-refractivity contribution < 1.29 is 4.74 Å². The van der Waals surface area contributed by atoms with Crippen LogP contribution in [0.5, 0.6) is 0 Å². The first kappa shape index (κ1) is 13.8. The van der Waals surface area contributed by atoms with Gasteiger partial charge in [-0.15, -0.1) is 0 Å². The maximum atomic E-state index is 5.87. The number of morpholine rings is 1. The normalized spacial score (nSPS) is 15.2. The van der Waals surface area contributed by atoms with Gasteiger partial charge in [0, 0.05) is 18.7 Å². The summed E-state index contributed by atoms with van der Waals surface area (Å²) in [5.74, 6) is 1.51. The van der Waals surface area contributed by atoms with Gasteiger partial charge in [-0.1, -0.05) is 18.2 Å². The molecule has 2 N–H and O–H groups in total. The van der Waals surface area contributed by atoms with Gasteiger partial charge in [-0.05, 0) is 25.0 Å². The highest BCUT2D eigenvalue weighted by Gasteiger charge is 2.17. The van der Waals surface area contributed by atoms with Gasteiger partial charge < -0.3 is 15.4 Å². The summed E-state index contributed by atoms with van der Waals surface area (Å²) in [5, 5.41) is 0. The molecular formula is C15H19N5O. The molecule has 1 aliphatic heterocycles. The molecule has 1 saturated heterocycles. The molecule has 1 aromatic heterocycles. The van der Waals surface area contributed by atoms with Gasteiger partial charge in [-0.3, -0.25) is 0 Å². The van der Waals surface area contributed by atoms with Gasteiger partial charge >= 0.3 is 0 Å². The fourth-order valence-corrected chi connectivity index (χ4v) is 2.40. The molecule has 0 unspecified atom stereocenters. The van der Waals surface area contributed by atoms with Gasteiger partial charge in [0.1, 0.15) is 0 Å². The molecule has 1 aliphatic rings. The van der Waals surface area contributed by atoms with Crippen LogP contribution in [0, 0.1) is 13.8 Å². The van der Waals surface area contributed by atoms with Crippen LogP contribution in [0.25, 0.3) is 11.4 Å². The molecule has 0 bridgehead atoms. The van der Waals surface area contributed by atoms with E-state index in [0.29, 0.717) is 25.0 Å². The van der Waals surface area contributed by atoms with Crippen molar-refractivity contribution in [2.45, 2.75) is 13.8 Å².